The van der Waals surface area contributed by atoms with Crippen molar-refractivity contribution in [3.63, 3.8) is 0 Å². The number of hydrogen-bond acceptors (Lipinski definition) is 2. The second kappa shape index (κ2) is 5.12. The van der Waals surface area contributed by atoms with Gasteiger partial charge < -0.3 is 4.74 Å². The normalized spacial score (nSPS) is 11.3. The SMILES string of the molecule is CC(C)C(OC(=O)CF)C(C)C. The summed E-state index contributed by atoms with van der Waals surface area (Å²) in [6.45, 7) is 6.79. The first-order valence-electron chi connectivity index (χ1n) is 4.24. The van der Waals surface area contributed by atoms with Gasteiger partial charge in [-0.3, -0.25) is 0 Å². The molecule has 0 aromatic carbocycles. The summed E-state index contributed by atoms with van der Waals surface area (Å²) in [6.07, 6.45) is -0.173. The molecule has 3 heteroatoms. The highest BCUT2D eigenvalue weighted by Gasteiger charge is 2.21. The lowest BCUT2D eigenvalue weighted by Crippen LogP contribution is -2.29. The summed E-state index contributed by atoms with van der Waals surface area (Å²) in [5, 5.41) is 0. The van der Waals surface area contributed by atoms with Crippen molar-refractivity contribution in [1.82, 2.24) is 0 Å². The Kier molecular flexibility index (Phi) is 4.86. The largest absolute Gasteiger partial charge is 0.460 e. The molecule has 0 radical (unpaired) electrons. The van der Waals surface area contributed by atoms with Crippen LogP contribution in [0.15, 0.2) is 0 Å². The van der Waals surface area contributed by atoms with Crippen LogP contribution in [0.2, 0.25) is 0 Å². The first kappa shape index (κ1) is 11.4. The van der Waals surface area contributed by atoms with Gasteiger partial charge in [-0.15, -0.1) is 0 Å². The van der Waals surface area contributed by atoms with E-state index in [2.05, 4.69) is 0 Å². The molecule has 0 saturated carbocycles. The molecule has 0 unspecified atom stereocenters. The Bertz CT molecular complexity index is 135. The molecular formula is C9H17FO2. The van der Waals surface area contributed by atoms with Crippen molar-refractivity contribution in [3.05, 3.63) is 0 Å². The van der Waals surface area contributed by atoms with Crippen LogP contribution in [0.4, 0.5) is 4.39 Å². The Morgan fingerprint density at radius 2 is 1.67 bits per heavy atom. The molecule has 0 heterocycles. The highest BCUT2D eigenvalue weighted by molar-refractivity contribution is 5.70. The van der Waals surface area contributed by atoms with Crippen LogP contribution in [0.3, 0.4) is 0 Å². The molecule has 0 atom stereocenters. The third-order valence-electron chi connectivity index (χ3n) is 1.69. The maximum Gasteiger partial charge on any atom is 0.337 e. The van der Waals surface area contributed by atoms with Crippen LogP contribution < -0.4 is 0 Å². The van der Waals surface area contributed by atoms with Gasteiger partial charge in [0, 0.05) is 0 Å². The predicted molar refractivity (Wildman–Crippen MR) is 45.5 cm³/mol. The van der Waals surface area contributed by atoms with Gasteiger partial charge in [-0.1, -0.05) is 27.7 Å². The van der Waals surface area contributed by atoms with E-state index in [9.17, 15) is 9.18 Å². The molecule has 0 spiro atoms. The molecule has 0 amide bonds. The Hall–Kier alpha value is -0.600. The third kappa shape index (κ3) is 3.69. The zero-order chi connectivity index (χ0) is 9.72. The van der Waals surface area contributed by atoms with Crippen molar-refractivity contribution in [2.45, 2.75) is 33.8 Å². The number of carbonyl (C=O) groups is 1. The quantitative estimate of drug-likeness (QED) is 0.614. The number of ether oxygens (including phenoxy) is 1. The zero-order valence-corrected chi connectivity index (χ0v) is 8.13. The fourth-order valence-corrected chi connectivity index (χ4v) is 1.23. The van der Waals surface area contributed by atoms with E-state index in [1.54, 1.807) is 0 Å². The average Bonchev–Trinajstić information content (AvgIpc) is 1.98. The smallest absolute Gasteiger partial charge is 0.337 e. The van der Waals surface area contributed by atoms with Crippen molar-refractivity contribution < 1.29 is 13.9 Å². The minimum atomic E-state index is -1.03. The van der Waals surface area contributed by atoms with Gasteiger partial charge in [0.2, 0.25) is 0 Å². The lowest BCUT2D eigenvalue weighted by atomic mass is 9.96. The summed E-state index contributed by atoms with van der Waals surface area (Å²) in [7, 11) is 0. The Morgan fingerprint density at radius 1 is 1.25 bits per heavy atom. The maximum atomic E-state index is 11.8. The van der Waals surface area contributed by atoms with Crippen molar-refractivity contribution in [1.29, 1.82) is 0 Å². The molecule has 2 nitrogen and oxygen atoms in total. The highest BCUT2D eigenvalue weighted by Crippen LogP contribution is 2.16. The molecule has 0 aromatic rings. The number of halogens is 1. The van der Waals surface area contributed by atoms with Gasteiger partial charge in [-0.25, -0.2) is 9.18 Å². The number of alkyl halides is 1. The van der Waals surface area contributed by atoms with Gasteiger partial charge in [-0.05, 0) is 11.8 Å². The summed E-state index contributed by atoms with van der Waals surface area (Å²) >= 11 is 0. The standard InChI is InChI=1S/C9H17FO2/c1-6(2)9(7(3)4)12-8(11)5-10/h6-7,9H,5H2,1-4H3. The molecule has 0 aromatic heterocycles. The van der Waals surface area contributed by atoms with Gasteiger partial charge in [0.05, 0.1) is 0 Å². The van der Waals surface area contributed by atoms with E-state index >= 15 is 0 Å². The van der Waals surface area contributed by atoms with Gasteiger partial charge in [0.15, 0.2) is 6.67 Å². The minimum Gasteiger partial charge on any atom is -0.460 e. The van der Waals surface area contributed by atoms with Gasteiger partial charge in [-0.2, -0.15) is 0 Å². The molecule has 0 aliphatic heterocycles. The van der Waals surface area contributed by atoms with E-state index in [0.717, 1.165) is 0 Å². The monoisotopic (exact) mass is 176 g/mol. The van der Waals surface area contributed by atoms with Crippen LogP contribution in [0.1, 0.15) is 27.7 Å². The molecule has 0 bridgehead atoms. The molecule has 12 heavy (non-hydrogen) atoms. The molecule has 0 aliphatic rings. The molecule has 0 N–H and O–H groups in total. The summed E-state index contributed by atoms with van der Waals surface area (Å²) < 4.78 is 16.7. The molecular weight excluding hydrogens is 159 g/mol. The number of esters is 1. The van der Waals surface area contributed by atoms with Crippen molar-refractivity contribution in [2.24, 2.45) is 11.8 Å². The molecule has 0 rings (SSSR count). The molecule has 0 saturated heterocycles. The summed E-state index contributed by atoms with van der Waals surface area (Å²) in [4.78, 5) is 10.6. The van der Waals surface area contributed by atoms with Crippen LogP contribution in [0, 0.1) is 11.8 Å². The van der Waals surface area contributed by atoms with Crippen molar-refractivity contribution >= 4 is 5.97 Å². The summed E-state index contributed by atoms with van der Waals surface area (Å²) in [6, 6.07) is 0. The fraction of sp³-hybridized carbons (Fsp3) is 0.889. The van der Waals surface area contributed by atoms with Gasteiger partial charge in [0.1, 0.15) is 6.10 Å². The van der Waals surface area contributed by atoms with E-state index in [0.29, 0.717) is 0 Å². The maximum absolute atomic E-state index is 11.8. The highest BCUT2D eigenvalue weighted by atomic mass is 19.1. The van der Waals surface area contributed by atoms with E-state index in [1.165, 1.54) is 0 Å². The molecule has 0 aliphatic carbocycles. The molecule has 0 fully saturated rings. The van der Waals surface area contributed by atoms with Crippen LogP contribution in [0.5, 0.6) is 0 Å². The van der Waals surface area contributed by atoms with Gasteiger partial charge in [0.25, 0.3) is 0 Å². The number of hydrogen-bond donors (Lipinski definition) is 0. The average molecular weight is 176 g/mol. The van der Waals surface area contributed by atoms with Crippen molar-refractivity contribution in [2.75, 3.05) is 6.67 Å². The third-order valence-corrected chi connectivity index (χ3v) is 1.69. The summed E-state index contributed by atoms with van der Waals surface area (Å²) in [5.41, 5.74) is 0. The Labute approximate surface area is 73.1 Å². The van der Waals surface area contributed by atoms with Gasteiger partial charge >= 0.3 is 5.97 Å². The van der Waals surface area contributed by atoms with Crippen LogP contribution in [0.25, 0.3) is 0 Å². The lowest BCUT2D eigenvalue weighted by Gasteiger charge is -2.24. The zero-order valence-electron chi connectivity index (χ0n) is 8.13. The first-order valence-corrected chi connectivity index (χ1v) is 4.24. The predicted octanol–water partition coefficient (Wildman–Crippen LogP) is 2.18. The Morgan fingerprint density at radius 3 is 1.92 bits per heavy atom. The van der Waals surface area contributed by atoms with Crippen molar-refractivity contribution in [3.8, 4) is 0 Å². The Balaban J connectivity index is 4.05. The van der Waals surface area contributed by atoms with Crippen LogP contribution in [-0.2, 0) is 9.53 Å². The van der Waals surface area contributed by atoms with E-state index in [1.807, 2.05) is 27.7 Å². The van der Waals surface area contributed by atoms with Crippen LogP contribution in [-0.4, -0.2) is 18.7 Å². The topological polar surface area (TPSA) is 26.3 Å². The fourth-order valence-electron chi connectivity index (χ4n) is 1.23. The molecule has 72 valence electrons. The summed E-state index contributed by atoms with van der Waals surface area (Å²) in [5.74, 6) is -0.289. The van der Waals surface area contributed by atoms with E-state index < -0.39 is 12.6 Å². The number of rotatable bonds is 4. The van der Waals surface area contributed by atoms with E-state index in [-0.39, 0.29) is 17.9 Å². The van der Waals surface area contributed by atoms with Crippen LogP contribution >= 0.6 is 0 Å². The minimum absolute atomic E-state index is 0.173. The first-order chi connectivity index (χ1) is 5.49. The second-order valence-electron chi connectivity index (χ2n) is 3.58. The lowest BCUT2D eigenvalue weighted by molar-refractivity contribution is -0.154. The number of carbonyl (C=O) groups excluding carboxylic acids is 1. The second-order valence-corrected chi connectivity index (χ2v) is 3.58. The van der Waals surface area contributed by atoms with E-state index in [4.69, 9.17) is 4.74 Å².